The van der Waals surface area contributed by atoms with Gasteiger partial charge in [-0.15, -0.1) is 0 Å². The van der Waals surface area contributed by atoms with Gasteiger partial charge in [-0.25, -0.2) is 4.90 Å². The Hall–Kier alpha value is -2.70. The lowest BCUT2D eigenvalue weighted by molar-refractivity contribution is -0.383. The normalized spacial score (nSPS) is 37.0. The van der Waals surface area contributed by atoms with Crippen LogP contribution in [0.3, 0.4) is 0 Å². The molecule has 1 aliphatic heterocycles. The standard InChI is InChI=1S/C23H27N3O4/c1-12-4-3-5-17(13(12)2)24-18-9-8-16(11-19(18)26(29)30)25-22(27)20-14-6-7-15(10-14)21(20)23(25)28/h6-9,11-15,17,20-21,24H,3-5,10H2,1-2H3/t12-,13+,14+,15+,17+,20-,21+/m1/s1. The van der Waals surface area contributed by atoms with Crippen molar-refractivity contribution in [3.63, 3.8) is 0 Å². The average molecular weight is 409 g/mol. The van der Waals surface area contributed by atoms with Crippen LogP contribution >= 0.6 is 0 Å². The van der Waals surface area contributed by atoms with E-state index in [-0.39, 0.29) is 47.2 Å². The molecule has 0 spiro atoms. The summed E-state index contributed by atoms with van der Waals surface area (Å²) in [6.45, 7) is 4.41. The molecule has 0 unspecified atom stereocenters. The SMILES string of the molecule is C[C@H]1[C@H](C)CCC[C@@H]1Nc1ccc(N2C(=O)[C@@H]3[C@H](C2=O)[C@H]2C=C[C@H]3C2)cc1[N+](=O)[O-]. The highest BCUT2D eigenvalue weighted by atomic mass is 16.6. The molecule has 1 saturated heterocycles. The molecule has 0 aromatic heterocycles. The summed E-state index contributed by atoms with van der Waals surface area (Å²) >= 11 is 0. The number of benzene rings is 1. The molecule has 158 valence electrons. The number of amides is 2. The first-order valence-electron chi connectivity index (χ1n) is 11.0. The van der Waals surface area contributed by atoms with E-state index in [9.17, 15) is 19.7 Å². The summed E-state index contributed by atoms with van der Waals surface area (Å²) < 4.78 is 0. The second-order valence-corrected chi connectivity index (χ2v) is 9.49. The van der Waals surface area contributed by atoms with Gasteiger partial charge in [0.05, 0.1) is 22.4 Å². The molecule has 5 rings (SSSR count). The Bertz CT molecular complexity index is 928. The van der Waals surface area contributed by atoms with Gasteiger partial charge in [0.15, 0.2) is 0 Å². The van der Waals surface area contributed by atoms with Gasteiger partial charge in [-0.05, 0) is 48.6 Å². The molecule has 1 N–H and O–H groups in total. The zero-order valence-electron chi connectivity index (χ0n) is 17.3. The number of fused-ring (bicyclic) bond motifs is 5. The van der Waals surface area contributed by atoms with E-state index < -0.39 is 4.92 Å². The number of nitro benzene ring substituents is 1. The zero-order chi connectivity index (χ0) is 21.2. The summed E-state index contributed by atoms with van der Waals surface area (Å²) in [4.78, 5) is 38.6. The Labute approximate surface area is 175 Å². The molecule has 7 heteroatoms. The van der Waals surface area contributed by atoms with E-state index in [1.165, 1.54) is 17.4 Å². The fourth-order valence-electron chi connectivity index (χ4n) is 6.07. The number of anilines is 2. The first-order chi connectivity index (χ1) is 14.4. The van der Waals surface area contributed by atoms with Crippen molar-refractivity contribution in [3.8, 4) is 0 Å². The number of carbonyl (C=O) groups excluding carboxylic acids is 2. The predicted octanol–water partition coefficient (Wildman–Crippen LogP) is 4.14. The third-order valence-corrected chi connectivity index (χ3v) is 7.95. The highest BCUT2D eigenvalue weighted by Gasteiger charge is 2.59. The summed E-state index contributed by atoms with van der Waals surface area (Å²) in [7, 11) is 0. The van der Waals surface area contributed by atoms with E-state index in [0.29, 0.717) is 23.2 Å². The number of nitrogens with one attached hydrogen (secondary N) is 1. The van der Waals surface area contributed by atoms with Gasteiger partial charge < -0.3 is 5.32 Å². The fraction of sp³-hybridized carbons (Fsp3) is 0.565. The highest BCUT2D eigenvalue weighted by Crippen LogP contribution is 2.53. The molecule has 1 aromatic rings. The topological polar surface area (TPSA) is 92.6 Å². The molecule has 2 amide bonds. The van der Waals surface area contributed by atoms with Crippen LogP contribution in [0.2, 0.25) is 0 Å². The molecule has 4 aliphatic rings. The maximum atomic E-state index is 13.0. The highest BCUT2D eigenvalue weighted by molar-refractivity contribution is 6.23. The number of nitro groups is 1. The second kappa shape index (κ2) is 6.93. The number of hydrogen-bond donors (Lipinski definition) is 1. The van der Waals surface area contributed by atoms with Gasteiger partial charge in [0.2, 0.25) is 11.8 Å². The van der Waals surface area contributed by atoms with E-state index in [2.05, 4.69) is 19.2 Å². The second-order valence-electron chi connectivity index (χ2n) is 9.49. The molecule has 3 fully saturated rings. The van der Waals surface area contributed by atoms with Crippen molar-refractivity contribution in [1.29, 1.82) is 0 Å². The first-order valence-corrected chi connectivity index (χ1v) is 11.0. The van der Waals surface area contributed by atoms with E-state index in [1.807, 2.05) is 12.2 Å². The van der Waals surface area contributed by atoms with Crippen LogP contribution in [0, 0.1) is 45.6 Å². The van der Waals surface area contributed by atoms with Crippen LogP contribution in [0.15, 0.2) is 30.4 Å². The largest absolute Gasteiger partial charge is 0.376 e. The average Bonchev–Trinajstić information content (AvgIpc) is 3.40. The van der Waals surface area contributed by atoms with E-state index in [1.54, 1.807) is 12.1 Å². The van der Waals surface area contributed by atoms with Gasteiger partial charge in [0, 0.05) is 12.1 Å². The van der Waals surface area contributed by atoms with Crippen molar-refractivity contribution in [2.75, 3.05) is 10.2 Å². The smallest absolute Gasteiger partial charge is 0.294 e. The van der Waals surface area contributed by atoms with Gasteiger partial charge in [-0.3, -0.25) is 19.7 Å². The minimum Gasteiger partial charge on any atom is -0.376 e. The van der Waals surface area contributed by atoms with Crippen LogP contribution < -0.4 is 10.2 Å². The number of hydrogen-bond acceptors (Lipinski definition) is 5. The summed E-state index contributed by atoms with van der Waals surface area (Å²) in [6, 6.07) is 4.87. The van der Waals surface area contributed by atoms with Crippen LogP contribution in [-0.2, 0) is 9.59 Å². The van der Waals surface area contributed by atoms with Crippen LogP contribution in [0.5, 0.6) is 0 Å². The Morgan fingerprint density at radius 3 is 2.37 bits per heavy atom. The quantitative estimate of drug-likeness (QED) is 0.349. The maximum absolute atomic E-state index is 13.0. The van der Waals surface area contributed by atoms with Gasteiger partial charge in [0.25, 0.3) is 5.69 Å². The third kappa shape index (κ3) is 2.78. The lowest BCUT2D eigenvalue weighted by atomic mass is 9.78. The lowest BCUT2D eigenvalue weighted by Gasteiger charge is -2.35. The predicted molar refractivity (Wildman–Crippen MR) is 113 cm³/mol. The van der Waals surface area contributed by atoms with Crippen LogP contribution in [0.4, 0.5) is 17.1 Å². The Kier molecular flexibility index (Phi) is 4.45. The summed E-state index contributed by atoms with van der Waals surface area (Å²) in [6.07, 6.45) is 8.21. The summed E-state index contributed by atoms with van der Waals surface area (Å²) in [5.41, 5.74) is 0.675. The van der Waals surface area contributed by atoms with Crippen molar-refractivity contribution < 1.29 is 14.5 Å². The van der Waals surface area contributed by atoms with Crippen molar-refractivity contribution >= 4 is 28.9 Å². The molecular formula is C23H27N3O4. The number of nitrogens with zero attached hydrogens (tertiary/aromatic N) is 2. The van der Waals surface area contributed by atoms with Crippen molar-refractivity contribution in [3.05, 3.63) is 40.5 Å². The molecule has 7 nitrogen and oxygen atoms in total. The van der Waals surface area contributed by atoms with Crippen molar-refractivity contribution in [1.82, 2.24) is 0 Å². The monoisotopic (exact) mass is 409 g/mol. The molecule has 0 radical (unpaired) electrons. The number of carbonyl (C=O) groups is 2. The molecule has 1 heterocycles. The summed E-state index contributed by atoms with van der Waals surface area (Å²) in [5.74, 6) is 0.167. The summed E-state index contributed by atoms with van der Waals surface area (Å²) in [5, 5.41) is 15.2. The minimum atomic E-state index is -0.431. The van der Waals surface area contributed by atoms with Crippen molar-refractivity contribution in [2.45, 2.75) is 45.6 Å². The zero-order valence-corrected chi connectivity index (χ0v) is 17.3. The van der Waals surface area contributed by atoms with Gasteiger partial charge >= 0.3 is 0 Å². The van der Waals surface area contributed by atoms with Crippen molar-refractivity contribution in [2.24, 2.45) is 35.5 Å². The molecule has 30 heavy (non-hydrogen) atoms. The van der Waals surface area contributed by atoms with Gasteiger partial charge in [-0.2, -0.15) is 0 Å². The Morgan fingerprint density at radius 1 is 1.07 bits per heavy atom. The molecule has 2 bridgehead atoms. The number of allylic oxidation sites excluding steroid dienone is 2. The Morgan fingerprint density at radius 2 is 1.73 bits per heavy atom. The van der Waals surface area contributed by atoms with E-state index in [4.69, 9.17) is 0 Å². The van der Waals surface area contributed by atoms with Gasteiger partial charge in [0.1, 0.15) is 5.69 Å². The van der Waals surface area contributed by atoms with Crippen LogP contribution in [0.1, 0.15) is 39.5 Å². The lowest BCUT2D eigenvalue weighted by Crippen LogP contribution is -2.35. The minimum absolute atomic E-state index is 0.0864. The molecule has 7 atom stereocenters. The Balaban J connectivity index is 1.44. The fourth-order valence-corrected chi connectivity index (χ4v) is 6.07. The molecule has 2 saturated carbocycles. The molecular weight excluding hydrogens is 382 g/mol. The number of rotatable bonds is 4. The molecule has 3 aliphatic carbocycles. The van der Waals surface area contributed by atoms with Crippen LogP contribution in [0.25, 0.3) is 0 Å². The molecule has 1 aromatic carbocycles. The third-order valence-electron chi connectivity index (χ3n) is 7.95. The maximum Gasteiger partial charge on any atom is 0.294 e. The first kappa shape index (κ1) is 19.3. The van der Waals surface area contributed by atoms with E-state index in [0.717, 1.165) is 19.3 Å². The van der Waals surface area contributed by atoms with E-state index >= 15 is 0 Å². The van der Waals surface area contributed by atoms with Crippen LogP contribution in [-0.4, -0.2) is 22.8 Å². The number of imide groups is 1. The van der Waals surface area contributed by atoms with Gasteiger partial charge in [-0.1, -0.05) is 38.8 Å².